The highest BCUT2D eigenvalue weighted by molar-refractivity contribution is 7.94. The van der Waals surface area contributed by atoms with E-state index in [9.17, 15) is 13.2 Å². The summed E-state index contributed by atoms with van der Waals surface area (Å²) in [5, 5.41) is 9.01. The third kappa shape index (κ3) is 2.39. The summed E-state index contributed by atoms with van der Waals surface area (Å²) in [5.41, 5.74) is 0. The summed E-state index contributed by atoms with van der Waals surface area (Å²) in [5.74, 6) is -0.532. The van der Waals surface area contributed by atoms with Crippen molar-refractivity contribution < 1.29 is 27.8 Å². The van der Waals surface area contributed by atoms with Crippen LogP contribution in [0.3, 0.4) is 0 Å². The van der Waals surface area contributed by atoms with Gasteiger partial charge in [0.1, 0.15) is 0 Å². The van der Waals surface area contributed by atoms with E-state index in [0.29, 0.717) is 23.0 Å². The molecule has 0 aromatic heterocycles. The molecule has 2 rings (SSSR count). The van der Waals surface area contributed by atoms with Gasteiger partial charge in [0.05, 0.1) is 4.90 Å². The molecule has 0 unspecified atom stereocenters. The fraction of sp³-hybridized carbons (Fsp3) is 0.100. The average molecular weight is 256 g/mol. The zero-order valence-electron chi connectivity index (χ0n) is 8.49. The topological polar surface area (TPSA) is 89.9 Å². The molecular formula is C10H8O6S. The van der Waals surface area contributed by atoms with Crippen molar-refractivity contribution in [3.05, 3.63) is 29.7 Å². The van der Waals surface area contributed by atoms with Gasteiger partial charge in [-0.05, 0) is 12.1 Å². The van der Waals surface area contributed by atoms with Crippen LogP contribution in [0.2, 0.25) is 0 Å². The molecule has 1 heterocycles. The second-order valence-electron chi connectivity index (χ2n) is 3.20. The number of carbonyl (C=O) groups is 1. The van der Waals surface area contributed by atoms with E-state index in [2.05, 4.69) is 0 Å². The third-order valence-electron chi connectivity index (χ3n) is 2.06. The molecule has 1 N–H and O–H groups in total. The molecule has 7 heteroatoms. The van der Waals surface area contributed by atoms with Crippen molar-refractivity contribution in [2.75, 3.05) is 6.79 Å². The molecule has 17 heavy (non-hydrogen) atoms. The maximum absolute atomic E-state index is 11.7. The van der Waals surface area contributed by atoms with Crippen LogP contribution in [0.25, 0.3) is 0 Å². The Morgan fingerprint density at radius 2 is 2.00 bits per heavy atom. The van der Waals surface area contributed by atoms with E-state index in [4.69, 9.17) is 14.6 Å². The fourth-order valence-electron chi connectivity index (χ4n) is 1.28. The van der Waals surface area contributed by atoms with Crippen LogP contribution >= 0.6 is 0 Å². The van der Waals surface area contributed by atoms with Crippen molar-refractivity contribution in [3.63, 3.8) is 0 Å². The minimum atomic E-state index is -3.77. The van der Waals surface area contributed by atoms with Gasteiger partial charge in [-0.25, -0.2) is 13.2 Å². The van der Waals surface area contributed by atoms with Gasteiger partial charge in [0.15, 0.2) is 21.3 Å². The Labute approximate surface area is 97.0 Å². The molecule has 6 nitrogen and oxygen atoms in total. The number of carboxylic acid groups (broad SMARTS) is 1. The molecule has 90 valence electrons. The normalized spacial score (nSPS) is 14.1. The van der Waals surface area contributed by atoms with Gasteiger partial charge in [-0.3, -0.25) is 0 Å². The van der Waals surface area contributed by atoms with Gasteiger partial charge in [0.2, 0.25) is 6.79 Å². The van der Waals surface area contributed by atoms with E-state index in [-0.39, 0.29) is 11.7 Å². The number of hydrogen-bond donors (Lipinski definition) is 1. The monoisotopic (exact) mass is 256 g/mol. The Morgan fingerprint density at radius 1 is 1.29 bits per heavy atom. The number of aliphatic carboxylic acids is 1. The van der Waals surface area contributed by atoms with Gasteiger partial charge in [0, 0.05) is 17.6 Å². The predicted octanol–water partition coefficient (Wildman–Crippen LogP) is 0.787. The van der Waals surface area contributed by atoms with Crippen LogP contribution in [-0.2, 0) is 14.6 Å². The molecule has 0 spiro atoms. The number of rotatable bonds is 3. The van der Waals surface area contributed by atoms with Crippen LogP contribution < -0.4 is 9.47 Å². The number of sulfone groups is 1. The van der Waals surface area contributed by atoms with Gasteiger partial charge in [-0.1, -0.05) is 0 Å². The maximum Gasteiger partial charge on any atom is 0.329 e. The van der Waals surface area contributed by atoms with E-state index in [0.717, 1.165) is 0 Å². The molecule has 0 saturated carbocycles. The molecule has 0 saturated heterocycles. The van der Waals surface area contributed by atoms with Gasteiger partial charge in [-0.2, -0.15) is 0 Å². The Hall–Kier alpha value is -2.02. The summed E-state index contributed by atoms with van der Waals surface area (Å²) in [4.78, 5) is 10.2. The van der Waals surface area contributed by atoms with Gasteiger partial charge in [0.25, 0.3) is 0 Å². The fourth-order valence-corrected chi connectivity index (χ4v) is 2.26. The second kappa shape index (κ2) is 4.10. The highest BCUT2D eigenvalue weighted by Crippen LogP contribution is 2.34. The van der Waals surface area contributed by atoms with Gasteiger partial charge in [-0.15, -0.1) is 0 Å². The Bertz CT molecular complexity index is 587. The number of carboxylic acids is 1. The Balaban J connectivity index is 2.37. The molecule has 0 radical (unpaired) electrons. The van der Waals surface area contributed by atoms with Gasteiger partial charge < -0.3 is 14.6 Å². The van der Waals surface area contributed by atoms with E-state index in [1.807, 2.05) is 0 Å². The van der Waals surface area contributed by atoms with Crippen LogP contribution in [0.15, 0.2) is 34.6 Å². The van der Waals surface area contributed by atoms with Crippen molar-refractivity contribution in [1.29, 1.82) is 0 Å². The first-order valence-corrected chi connectivity index (χ1v) is 6.09. The van der Waals surface area contributed by atoms with Crippen molar-refractivity contribution >= 4 is 15.8 Å². The van der Waals surface area contributed by atoms with Crippen LogP contribution in [-0.4, -0.2) is 26.3 Å². The standard InChI is InChI=1S/C10H8O6S/c11-10(12)3-4-17(13,14)7-1-2-8-9(5-7)16-6-15-8/h1-5H,6H2,(H,11,12)/b4-3+. The lowest BCUT2D eigenvalue weighted by molar-refractivity contribution is -0.131. The number of fused-ring (bicyclic) bond motifs is 1. The van der Waals surface area contributed by atoms with E-state index >= 15 is 0 Å². The largest absolute Gasteiger partial charge is 0.478 e. The van der Waals surface area contributed by atoms with Crippen molar-refractivity contribution in [2.24, 2.45) is 0 Å². The molecule has 0 fully saturated rings. The Kier molecular flexibility index (Phi) is 2.76. The summed E-state index contributed by atoms with van der Waals surface area (Å²) in [6.07, 6.45) is 0.569. The number of hydrogen-bond acceptors (Lipinski definition) is 5. The van der Waals surface area contributed by atoms with Crippen molar-refractivity contribution in [3.8, 4) is 11.5 Å². The molecular weight excluding hydrogens is 248 g/mol. The Morgan fingerprint density at radius 3 is 2.71 bits per heavy atom. The van der Waals surface area contributed by atoms with E-state index in [1.54, 1.807) is 0 Å². The van der Waals surface area contributed by atoms with Crippen molar-refractivity contribution in [2.45, 2.75) is 4.90 Å². The molecule has 1 aromatic carbocycles. The summed E-state index contributed by atoms with van der Waals surface area (Å²) < 4.78 is 33.4. The second-order valence-corrected chi connectivity index (χ2v) is 5.03. The number of ether oxygens (including phenoxy) is 2. The van der Waals surface area contributed by atoms with Gasteiger partial charge >= 0.3 is 5.97 Å². The average Bonchev–Trinajstić information content (AvgIpc) is 2.73. The molecule has 1 aromatic rings. The molecule has 1 aliphatic rings. The SMILES string of the molecule is O=C(O)/C=C/S(=O)(=O)c1ccc2c(c1)OCO2. The molecule has 0 aliphatic carbocycles. The van der Waals surface area contributed by atoms with E-state index < -0.39 is 15.8 Å². The van der Waals surface area contributed by atoms with Crippen LogP contribution in [0, 0.1) is 0 Å². The molecule has 1 aliphatic heterocycles. The first kappa shape index (κ1) is 11.5. The van der Waals surface area contributed by atoms with Crippen LogP contribution in [0.4, 0.5) is 0 Å². The lowest BCUT2D eigenvalue weighted by Gasteiger charge is -2.00. The quantitative estimate of drug-likeness (QED) is 0.804. The molecule has 0 bridgehead atoms. The first-order valence-electron chi connectivity index (χ1n) is 4.55. The smallest absolute Gasteiger partial charge is 0.329 e. The predicted molar refractivity (Wildman–Crippen MR) is 56.5 cm³/mol. The minimum absolute atomic E-state index is 0.0424. The lowest BCUT2D eigenvalue weighted by atomic mass is 10.3. The first-order chi connectivity index (χ1) is 7.99. The summed E-state index contributed by atoms with van der Waals surface area (Å²) >= 11 is 0. The molecule has 0 amide bonds. The summed E-state index contributed by atoms with van der Waals surface area (Å²) in [7, 11) is -3.77. The zero-order chi connectivity index (χ0) is 12.5. The van der Waals surface area contributed by atoms with E-state index in [1.165, 1.54) is 18.2 Å². The highest BCUT2D eigenvalue weighted by atomic mass is 32.2. The lowest BCUT2D eigenvalue weighted by Crippen LogP contribution is -1.98. The zero-order valence-corrected chi connectivity index (χ0v) is 9.31. The summed E-state index contributed by atoms with van der Waals surface area (Å²) in [6.45, 7) is 0.0454. The maximum atomic E-state index is 11.7. The van der Waals surface area contributed by atoms with Crippen LogP contribution in [0.1, 0.15) is 0 Å². The third-order valence-corrected chi connectivity index (χ3v) is 3.47. The summed E-state index contributed by atoms with van der Waals surface area (Å²) in [6, 6.07) is 4.09. The number of benzene rings is 1. The highest BCUT2D eigenvalue weighted by Gasteiger charge is 2.18. The van der Waals surface area contributed by atoms with Crippen molar-refractivity contribution in [1.82, 2.24) is 0 Å². The minimum Gasteiger partial charge on any atom is -0.478 e. The molecule has 0 atom stereocenters. The van der Waals surface area contributed by atoms with Crippen LogP contribution in [0.5, 0.6) is 11.5 Å².